The van der Waals surface area contributed by atoms with E-state index in [2.05, 4.69) is 9.97 Å². The van der Waals surface area contributed by atoms with Crippen LogP contribution in [0.3, 0.4) is 0 Å². The number of rotatable bonds is 2. The zero-order valence-electron chi connectivity index (χ0n) is 9.50. The van der Waals surface area contributed by atoms with Gasteiger partial charge in [0.05, 0.1) is 18.2 Å². The Morgan fingerprint density at radius 2 is 2.11 bits per heavy atom. The molecule has 0 saturated heterocycles. The topological polar surface area (TPSA) is 62.7 Å². The van der Waals surface area contributed by atoms with Gasteiger partial charge in [-0.2, -0.15) is 5.26 Å². The Morgan fingerprint density at radius 1 is 1.22 bits per heavy atom. The van der Waals surface area contributed by atoms with Crippen molar-refractivity contribution in [3.05, 3.63) is 48.6 Å². The lowest BCUT2D eigenvalue weighted by Crippen LogP contribution is -1.94. The number of hydrogen-bond acceptors (Lipinski definition) is 4. The van der Waals surface area contributed by atoms with Crippen LogP contribution in [-0.4, -0.2) is 9.97 Å². The van der Waals surface area contributed by atoms with E-state index in [0.29, 0.717) is 5.82 Å². The molecule has 0 fully saturated rings. The fraction of sp³-hybridized carbons (Fsp3) is 0.0714. The number of nitriles is 1. The van der Waals surface area contributed by atoms with Gasteiger partial charge in [-0.05, 0) is 12.1 Å². The molecule has 0 aliphatic heterocycles. The van der Waals surface area contributed by atoms with Gasteiger partial charge in [0.1, 0.15) is 17.7 Å². The van der Waals surface area contributed by atoms with Crippen molar-refractivity contribution in [2.45, 2.75) is 6.42 Å². The van der Waals surface area contributed by atoms with Crippen molar-refractivity contribution in [3.8, 4) is 17.3 Å². The molecular weight excluding hydrogens is 226 g/mol. The molecule has 0 spiro atoms. The van der Waals surface area contributed by atoms with Gasteiger partial charge < -0.3 is 4.42 Å². The van der Waals surface area contributed by atoms with E-state index in [0.717, 1.165) is 22.2 Å². The third-order valence-corrected chi connectivity index (χ3v) is 2.70. The van der Waals surface area contributed by atoms with Crippen molar-refractivity contribution in [1.82, 2.24) is 9.97 Å². The molecule has 3 aromatic rings. The fourth-order valence-corrected chi connectivity index (χ4v) is 1.88. The molecular formula is C14H9N3O. The van der Waals surface area contributed by atoms with Crippen molar-refractivity contribution in [1.29, 1.82) is 5.26 Å². The van der Waals surface area contributed by atoms with Gasteiger partial charge in [-0.3, -0.25) is 0 Å². The van der Waals surface area contributed by atoms with Crippen LogP contribution in [0.4, 0.5) is 0 Å². The molecule has 4 nitrogen and oxygen atoms in total. The predicted molar refractivity (Wildman–Crippen MR) is 66.6 cm³/mol. The Hall–Kier alpha value is -2.67. The van der Waals surface area contributed by atoms with E-state index in [-0.39, 0.29) is 6.42 Å². The first-order chi connectivity index (χ1) is 8.88. The van der Waals surface area contributed by atoms with Gasteiger partial charge in [0, 0.05) is 17.1 Å². The summed E-state index contributed by atoms with van der Waals surface area (Å²) in [5.74, 6) is 0.528. The second-order valence-electron chi connectivity index (χ2n) is 3.84. The summed E-state index contributed by atoms with van der Waals surface area (Å²) in [6.07, 6.45) is 3.56. The predicted octanol–water partition coefficient (Wildman–Crippen LogP) is 2.96. The quantitative estimate of drug-likeness (QED) is 0.685. The summed E-state index contributed by atoms with van der Waals surface area (Å²) in [5, 5.41) is 9.68. The van der Waals surface area contributed by atoms with Crippen LogP contribution >= 0.6 is 0 Å². The minimum atomic E-state index is 0.212. The number of hydrogen-bond donors (Lipinski definition) is 0. The molecule has 0 radical (unpaired) electrons. The van der Waals surface area contributed by atoms with Gasteiger partial charge in [-0.1, -0.05) is 18.2 Å². The molecule has 0 saturated carbocycles. The second kappa shape index (κ2) is 4.30. The highest BCUT2D eigenvalue weighted by atomic mass is 16.3. The third kappa shape index (κ3) is 1.72. The summed E-state index contributed by atoms with van der Waals surface area (Å²) in [4.78, 5) is 8.42. The maximum Gasteiger partial charge on any atom is 0.142 e. The Bertz CT molecular complexity index is 740. The van der Waals surface area contributed by atoms with Gasteiger partial charge >= 0.3 is 0 Å². The van der Waals surface area contributed by atoms with Crippen molar-refractivity contribution >= 4 is 11.0 Å². The van der Waals surface area contributed by atoms with Crippen molar-refractivity contribution in [3.63, 3.8) is 0 Å². The van der Waals surface area contributed by atoms with Gasteiger partial charge in [0.25, 0.3) is 0 Å². The third-order valence-electron chi connectivity index (χ3n) is 2.70. The summed E-state index contributed by atoms with van der Waals surface area (Å²) in [6, 6.07) is 11.6. The largest absolute Gasteiger partial charge is 0.464 e. The van der Waals surface area contributed by atoms with Crippen LogP contribution in [0.5, 0.6) is 0 Å². The number of fused-ring (bicyclic) bond motifs is 1. The van der Waals surface area contributed by atoms with Crippen LogP contribution in [0.25, 0.3) is 22.2 Å². The number of aromatic nitrogens is 2. The van der Waals surface area contributed by atoms with Crippen LogP contribution in [0.1, 0.15) is 5.82 Å². The first-order valence-electron chi connectivity index (χ1n) is 5.54. The lowest BCUT2D eigenvalue weighted by molar-refractivity contribution is 0.616. The highest BCUT2D eigenvalue weighted by molar-refractivity contribution is 5.92. The lowest BCUT2D eigenvalue weighted by Gasteiger charge is -1.99. The minimum absolute atomic E-state index is 0.212. The second-order valence-corrected chi connectivity index (χ2v) is 3.84. The zero-order chi connectivity index (χ0) is 12.4. The first-order valence-corrected chi connectivity index (χ1v) is 5.54. The van der Waals surface area contributed by atoms with E-state index in [4.69, 9.17) is 9.68 Å². The molecule has 0 bridgehead atoms. The van der Waals surface area contributed by atoms with Crippen LogP contribution < -0.4 is 0 Å². The Balaban J connectivity index is 2.15. The number of benzene rings is 1. The number of nitrogens with zero attached hydrogens (tertiary/aromatic N) is 3. The summed E-state index contributed by atoms with van der Waals surface area (Å²) in [7, 11) is 0. The molecule has 0 N–H and O–H groups in total. The average molecular weight is 235 g/mol. The summed E-state index contributed by atoms with van der Waals surface area (Å²) in [6.45, 7) is 0. The van der Waals surface area contributed by atoms with E-state index in [1.165, 1.54) is 0 Å². The smallest absolute Gasteiger partial charge is 0.142 e. The van der Waals surface area contributed by atoms with E-state index < -0.39 is 0 Å². The van der Waals surface area contributed by atoms with Crippen molar-refractivity contribution < 1.29 is 4.42 Å². The van der Waals surface area contributed by atoms with E-state index in [1.807, 2.05) is 36.4 Å². The van der Waals surface area contributed by atoms with Gasteiger partial charge in [-0.25, -0.2) is 9.97 Å². The Kier molecular flexibility index (Phi) is 2.50. The Labute approximate surface area is 104 Å². The highest BCUT2D eigenvalue weighted by Crippen LogP contribution is 2.28. The fourth-order valence-electron chi connectivity index (χ4n) is 1.88. The molecule has 2 aromatic heterocycles. The molecule has 1 aromatic carbocycles. The SMILES string of the molecule is N#CCc1nccc(-c2coc3ccccc23)n1. The maximum absolute atomic E-state index is 8.66. The van der Waals surface area contributed by atoms with Crippen LogP contribution in [0.2, 0.25) is 0 Å². The standard InChI is InChI=1S/C14H9N3O/c15-7-5-14-16-8-6-12(17-14)11-9-18-13-4-2-1-3-10(11)13/h1-4,6,8-9H,5H2. The highest BCUT2D eigenvalue weighted by Gasteiger charge is 2.09. The maximum atomic E-state index is 8.66. The van der Waals surface area contributed by atoms with Gasteiger partial charge in [0.15, 0.2) is 0 Å². The Morgan fingerprint density at radius 3 is 3.00 bits per heavy atom. The molecule has 18 heavy (non-hydrogen) atoms. The zero-order valence-corrected chi connectivity index (χ0v) is 9.50. The molecule has 4 heteroatoms. The van der Waals surface area contributed by atoms with Crippen LogP contribution in [0.15, 0.2) is 47.2 Å². The van der Waals surface area contributed by atoms with Crippen LogP contribution in [-0.2, 0) is 6.42 Å². The molecule has 0 aliphatic rings. The molecule has 0 aliphatic carbocycles. The molecule has 0 atom stereocenters. The number of para-hydroxylation sites is 1. The summed E-state index contributed by atoms with van der Waals surface area (Å²) in [5.41, 5.74) is 2.53. The molecule has 0 unspecified atom stereocenters. The van der Waals surface area contributed by atoms with Gasteiger partial charge in [-0.15, -0.1) is 0 Å². The monoisotopic (exact) mass is 235 g/mol. The molecule has 0 amide bonds. The van der Waals surface area contributed by atoms with Crippen molar-refractivity contribution in [2.75, 3.05) is 0 Å². The lowest BCUT2D eigenvalue weighted by atomic mass is 10.1. The van der Waals surface area contributed by atoms with Gasteiger partial charge in [0.2, 0.25) is 0 Å². The molecule has 86 valence electrons. The summed E-state index contributed by atoms with van der Waals surface area (Å²) >= 11 is 0. The minimum Gasteiger partial charge on any atom is -0.464 e. The van der Waals surface area contributed by atoms with Crippen LogP contribution in [0, 0.1) is 11.3 Å². The van der Waals surface area contributed by atoms with E-state index in [9.17, 15) is 0 Å². The van der Waals surface area contributed by atoms with E-state index in [1.54, 1.807) is 12.5 Å². The van der Waals surface area contributed by atoms with Crippen molar-refractivity contribution in [2.24, 2.45) is 0 Å². The summed E-state index contributed by atoms with van der Waals surface area (Å²) < 4.78 is 5.48. The first kappa shape index (κ1) is 10.5. The van der Waals surface area contributed by atoms with E-state index >= 15 is 0 Å². The molecule has 2 heterocycles. The molecule has 3 rings (SSSR count). The average Bonchev–Trinajstić information content (AvgIpc) is 2.83. The number of furan rings is 1. The normalized spacial score (nSPS) is 10.4.